The molecular weight excluding hydrogens is 292 g/mol. The number of nitrogens with zero attached hydrogens (tertiary/aromatic N) is 2. The van der Waals surface area contributed by atoms with Crippen LogP contribution < -0.4 is 4.90 Å². The van der Waals surface area contributed by atoms with Crippen molar-refractivity contribution in [3.8, 4) is 0 Å². The van der Waals surface area contributed by atoms with E-state index in [4.69, 9.17) is 0 Å². The predicted molar refractivity (Wildman–Crippen MR) is 76.4 cm³/mol. The number of rotatable bonds is 2. The lowest BCUT2D eigenvalue weighted by Gasteiger charge is -2.30. The summed E-state index contributed by atoms with van der Waals surface area (Å²) in [5.41, 5.74) is -0.300. The van der Waals surface area contributed by atoms with Gasteiger partial charge in [0.25, 0.3) is 0 Å². The molecule has 0 atom stereocenters. The van der Waals surface area contributed by atoms with Crippen LogP contribution in [0.2, 0.25) is 0 Å². The second-order valence-corrected chi connectivity index (χ2v) is 6.56. The highest BCUT2D eigenvalue weighted by Gasteiger charge is 2.53. The van der Waals surface area contributed by atoms with Crippen LogP contribution in [0.3, 0.4) is 0 Å². The zero-order valence-corrected chi connectivity index (χ0v) is 12.5. The van der Waals surface area contributed by atoms with Gasteiger partial charge in [0.15, 0.2) is 0 Å². The summed E-state index contributed by atoms with van der Waals surface area (Å²) in [6.45, 7) is 1.57. The Balaban J connectivity index is 2.02. The van der Waals surface area contributed by atoms with Crippen molar-refractivity contribution in [1.82, 2.24) is 4.37 Å². The fraction of sp³-hybridized carbons (Fsp3) is 0.571. The highest BCUT2D eigenvalue weighted by Crippen LogP contribution is 2.47. The standard InChI is InChI=1S/C14H16N2O4S/c1-8-10(12(18)19)11(21-15-8)16-9(17)7-14(13(16)20)5-3-2-4-6-14/h2-7H2,1H3,(H,18,19). The highest BCUT2D eigenvalue weighted by molar-refractivity contribution is 7.11. The molecule has 0 aromatic carbocycles. The molecule has 1 aromatic rings. The van der Waals surface area contributed by atoms with E-state index in [0.717, 1.165) is 35.7 Å². The fourth-order valence-corrected chi connectivity index (χ4v) is 4.28. The van der Waals surface area contributed by atoms with Gasteiger partial charge in [-0.15, -0.1) is 0 Å². The zero-order valence-electron chi connectivity index (χ0n) is 11.7. The second-order valence-electron chi connectivity index (χ2n) is 5.81. The highest BCUT2D eigenvalue weighted by atomic mass is 32.1. The Kier molecular flexibility index (Phi) is 3.32. The Bertz CT molecular complexity index is 631. The molecule has 2 heterocycles. The average Bonchev–Trinajstić information content (AvgIpc) is 2.90. The number of carbonyl (C=O) groups is 3. The molecule has 1 aliphatic carbocycles. The number of aromatic carboxylic acids is 1. The number of hydrogen-bond donors (Lipinski definition) is 1. The molecule has 1 aliphatic heterocycles. The molecule has 112 valence electrons. The van der Waals surface area contributed by atoms with E-state index in [1.807, 2.05) is 0 Å². The fourth-order valence-electron chi connectivity index (χ4n) is 3.38. The topological polar surface area (TPSA) is 87.6 Å². The van der Waals surface area contributed by atoms with Crippen LogP contribution in [-0.2, 0) is 9.59 Å². The lowest BCUT2D eigenvalue weighted by molar-refractivity contribution is -0.127. The van der Waals surface area contributed by atoms with Crippen molar-refractivity contribution in [1.29, 1.82) is 0 Å². The second kappa shape index (κ2) is 4.91. The van der Waals surface area contributed by atoms with Crippen molar-refractivity contribution >= 4 is 34.3 Å². The van der Waals surface area contributed by atoms with Gasteiger partial charge in [-0.1, -0.05) is 19.3 Å². The third-order valence-electron chi connectivity index (χ3n) is 4.47. The van der Waals surface area contributed by atoms with Gasteiger partial charge in [-0.25, -0.2) is 9.69 Å². The number of carbonyl (C=O) groups excluding carboxylic acids is 2. The van der Waals surface area contributed by atoms with Crippen LogP contribution >= 0.6 is 11.5 Å². The van der Waals surface area contributed by atoms with E-state index < -0.39 is 11.4 Å². The van der Waals surface area contributed by atoms with Gasteiger partial charge >= 0.3 is 5.97 Å². The monoisotopic (exact) mass is 308 g/mol. The first-order valence-corrected chi connectivity index (χ1v) is 7.80. The maximum absolute atomic E-state index is 12.8. The van der Waals surface area contributed by atoms with Crippen molar-refractivity contribution < 1.29 is 19.5 Å². The number of carboxylic acid groups (broad SMARTS) is 1. The number of carboxylic acids is 1. The van der Waals surface area contributed by atoms with Gasteiger partial charge in [0.05, 0.1) is 11.1 Å². The average molecular weight is 308 g/mol. The lowest BCUT2D eigenvalue weighted by atomic mass is 9.73. The molecule has 2 amide bonds. The molecule has 0 radical (unpaired) electrons. The number of aryl methyl sites for hydroxylation is 1. The molecule has 1 N–H and O–H groups in total. The first-order chi connectivity index (χ1) is 9.96. The number of anilines is 1. The molecular formula is C14H16N2O4S. The first-order valence-electron chi connectivity index (χ1n) is 7.03. The Morgan fingerprint density at radius 3 is 2.57 bits per heavy atom. The minimum absolute atomic E-state index is 0.0328. The smallest absolute Gasteiger partial charge is 0.340 e. The Labute approximate surface area is 125 Å². The molecule has 21 heavy (non-hydrogen) atoms. The quantitative estimate of drug-likeness (QED) is 0.847. The normalized spacial score (nSPS) is 21.3. The molecule has 1 spiro atoms. The lowest BCUT2D eigenvalue weighted by Crippen LogP contribution is -2.37. The van der Waals surface area contributed by atoms with Gasteiger partial charge in [0.1, 0.15) is 10.6 Å². The third-order valence-corrected chi connectivity index (χ3v) is 5.39. The minimum atomic E-state index is -1.15. The van der Waals surface area contributed by atoms with Crippen LogP contribution in [-0.4, -0.2) is 27.3 Å². The Hall–Kier alpha value is -1.76. The van der Waals surface area contributed by atoms with Gasteiger partial charge in [0, 0.05) is 6.42 Å². The van der Waals surface area contributed by atoms with Crippen molar-refractivity contribution in [2.75, 3.05) is 4.90 Å². The van der Waals surface area contributed by atoms with Crippen molar-refractivity contribution in [3.05, 3.63) is 11.3 Å². The van der Waals surface area contributed by atoms with Gasteiger partial charge < -0.3 is 5.11 Å². The van der Waals surface area contributed by atoms with E-state index >= 15 is 0 Å². The number of aromatic nitrogens is 1. The zero-order chi connectivity index (χ0) is 15.2. The van der Waals surface area contributed by atoms with Crippen molar-refractivity contribution in [2.45, 2.75) is 45.4 Å². The molecule has 3 rings (SSSR count). The molecule has 2 fully saturated rings. The maximum atomic E-state index is 12.8. The van der Waals surface area contributed by atoms with Gasteiger partial charge in [-0.05, 0) is 31.3 Å². The van der Waals surface area contributed by atoms with E-state index in [1.54, 1.807) is 6.92 Å². The summed E-state index contributed by atoms with van der Waals surface area (Å²) in [4.78, 5) is 37.5. The van der Waals surface area contributed by atoms with Crippen molar-refractivity contribution in [3.63, 3.8) is 0 Å². The van der Waals surface area contributed by atoms with Crippen LogP contribution in [0.1, 0.15) is 54.6 Å². The number of amides is 2. The summed E-state index contributed by atoms with van der Waals surface area (Å²) in [5, 5.41) is 9.45. The van der Waals surface area contributed by atoms with E-state index in [2.05, 4.69) is 4.37 Å². The molecule has 0 unspecified atom stereocenters. The molecule has 1 aromatic heterocycles. The van der Waals surface area contributed by atoms with E-state index in [0.29, 0.717) is 18.5 Å². The minimum Gasteiger partial charge on any atom is -0.478 e. The summed E-state index contributed by atoms with van der Waals surface area (Å²) in [5.74, 6) is -1.69. The summed E-state index contributed by atoms with van der Waals surface area (Å²) in [6, 6.07) is 0. The van der Waals surface area contributed by atoms with Crippen molar-refractivity contribution in [2.24, 2.45) is 5.41 Å². The SMILES string of the molecule is Cc1nsc(N2C(=O)CC3(CCCCC3)C2=O)c1C(=O)O. The van der Waals surface area contributed by atoms with E-state index in [1.165, 1.54) is 0 Å². The Morgan fingerprint density at radius 2 is 1.95 bits per heavy atom. The predicted octanol–water partition coefficient (Wildman–Crippen LogP) is 2.36. The number of imide groups is 1. The van der Waals surface area contributed by atoms with Crippen LogP contribution in [0, 0.1) is 12.3 Å². The molecule has 1 saturated carbocycles. The van der Waals surface area contributed by atoms with Gasteiger partial charge in [-0.3, -0.25) is 9.59 Å². The number of hydrogen-bond acceptors (Lipinski definition) is 5. The van der Waals surface area contributed by atoms with Gasteiger partial charge in [0.2, 0.25) is 11.8 Å². The van der Waals surface area contributed by atoms with E-state index in [9.17, 15) is 19.5 Å². The molecule has 1 saturated heterocycles. The van der Waals surface area contributed by atoms with Crippen LogP contribution in [0.5, 0.6) is 0 Å². The molecule has 2 aliphatic rings. The first kappa shape index (κ1) is 14.2. The summed E-state index contributed by atoms with van der Waals surface area (Å²) in [7, 11) is 0. The largest absolute Gasteiger partial charge is 0.478 e. The van der Waals surface area contributed by atoms with Crippen LogP contribution in [0.15, 0.2) is 0 Å². The summed E-state index contributed by atoms with van der Waals surface area (Å²) in [6.07, 6.45) is 4.61. The van der Waals surface area contributed by atoms with Crippen LogP contribution in [0.25, 0.3) is 0 Å². The summed E-state index contributed by atoms with van der Waals surface area (Å²) >= 11 is 0.910. The summed E-state index contributed by atoms with van der Waals surface area (Å²) < 4.78 is 4.00. The maximum Gasteiger partial charge on any atom is 0.340 e. The molecule has 7 heteroatoms. The van der Waals surface area contributed by atoms with Gasteiger partial charge in [-0.2, -0.15) is 4.37 Å². The molecule has 0 bridgehead atoms. The molecule has 6 nitrogen and oxygen atoms in total. The Morgan fingerprint density at radius 1 is 1.29 bits per heavy atom. The van der Waals surface area contributed by atoms with Crippen LogP contribution in [0.4, 0.5) is 5.00 Å². The third kappa shape index (κ3) is 2.07. The van der Waals surface area contributed by atoms with E-state index in [-0.39, 0.29) is 28.8 Å².